The number of hydrogen-bond acceptors (Lipinski definition) is 5. The molecule has 2 rings (SSSR count). The number of aliphatic hydroxyl groups is 1. The van der Waals surface area contributed by atoms with Crippen molar-refractivity contribution in [1.82, 2.24) is 9.97 Å². The first-order valence-electron chi connectivity index (χ1n) is 5.64. The number of benzene rings is 1. The topological polar surface area (TPSA) is 64.5 Å². The van der Waals surface area contributed by atoms with Crippen LogP contribution in [0.1, 0.15) is 17.4 Å². The van der Waals surface area contributed by atoms with E-state index >= 15 is 0 Å². The number of nitrogens with zero attached hydrogens (tertiary/aromatic N) is 2. The van der Waals surface area contributed by atoms with Crippen molar-refractivity contribution >= 4 is 31.9 Å². The van der Waals surface area contributed by atoms with E-state index in [0.717, 1.165) is 8.95 Å². The van der Waals surface area contributed by atoms with Gasteiger partial charge < -0.3 is 14.6 Å². The van der Waals surface area contributed by atoms with E-state index in [1.165, 1.54) is 20.4 Å². The highest BCUT2D eigenvalue weighted by molar-refractivity contribution is 9.13. The van der Waals surface area contributed by atoms with Gasteiger partial charge in [-0.3, -0.25) is 0 Å². The van der Waals surface area contributed by atoms with E-state index in [-0.39, 0.29) is 5.88 Å². The van der Waals surface area contributed by atoms with E-state index in [1.54, 1.807) is 12.1 Å². The van der Waals surface area contributed by atoms with Gasteiger partial charge in [-0.15, -0.1) is 0 Å². The van der Waals surface area contributed by atoms with Gasteiger partial charge in [-0.25, -0.2) is 4.98 Å². The lowest BCUT2D eigenvalue weighted by Crippen LogP contribution is -2.07. The Morgan fingerprint density at radius 1 is 1.15 bits per heavy atom. The Bertz CT molecular complexity index is 623. The van der Waals surface area contributed by atoms with Gasteiger partial charge in [0.2, 0.25) is 11.8 Å². The lowest BCUT2D eigenvalue weighted by molar-refractivity contribution is 0.206. The third-order valence-electron chi connectivity index (χ3n) is 2.67. The summed E-state index contributed by atoms with van der Waals surface area (Å²) in [7, 11) is 2.96. The zero-order valence-electron chi connectivity index (χ0n) is 10.8. The zero-order valence-corrected chi connectivity index (χ0v) is 14.0. The number of aliphatic hydroxyl groups excluding tert-OH is 1. The molecule has 1 aromatic carbocycles. The summed E-state index contributed by atoms with van der Waals surface area (Å²) >= 11 is 6.78. The highest BCUT2D eigenvalue weighted by Gasteiger charge is 2.20. The molecule has 0 radical (unpaired) electrons. The van der Waals surface area contributed by atoms with Crippen LogP contribution in [0.5, 0.6) is 11.8 Å². The molecule has 1 atom stereocenters. The molecule has 0 aliphatic carbocycles. The monoisotopic (exact) mass is 402 g/mol. The van der Waals surface area contributed by atoms with Gasteiger partial charge in [0.25, 0.3) is 0 Å². The summed E-state index contributed by atoms with van der Waals surface area (Å²) in [6.45, 7) is 0. The number of rotatable bonds is 4. The average molecular weight is 404 g/mol. The lowest BCUT2D eigenvalue weighted by atomic mass is 10.1. The minimum absolute atomic E-state index is 0.232. The molecule has 2 aromatic rings. The Balaban J connectivity index is 2.41. The van der Waals surface area contributed by atoms with Crippen LogP contribution in [0.4, 0.5) is 0 Å². The van der Waals surface area contributed by atoms with Crippen molar-refractivity contribution in [1.29, 1.82) is 0 Å². The maximum absolute atomic E-state index is 10.4. The van der Waals surface area contributed by atoms with Crippen LogP contribution in [-0.2, 0) is 0 Å². The Hall–Kier alpha value is -1.18. The molecule has 1 aromatic heterocycles. The summed E-state index contributed by atoms with van der Waals surface area (Å²) in [6, 6.07) is 5.44. The fourth-order valence-electron chi connectivity index (χ4n) is 1.64. The van der Waals surface area contributed by atoms with Gasteiger partial charge in [-0.1, -0.05) is 6.07 Å². The highest BCUT2D eigenvalue weighted by atomic mass is 79.9. The summed E-state index contributed by atoms with van der Waals surface area (Å²) in [6.07, 6.45) is 0.502. The molecule has 0 fully saturated rings. The predicted molar refractivity (Wildman–Crippen MR) is 81.0 cm³/mol. The second kappa shape index (κ2) is 6.51. The van der Waals surface area contributed by atoms with E-state index in [2.05, 4.69) is 41.8 Å². The standard InChI is InChI=1S/C13H12Br2N2O3/c1-19-10-6-16-11(13(17-10)20-2)12(18)7-3-4-8(14)9(15)5-7/h3-6,12,18H,1-2H3. The first-order chi connectivity index (χ1) is 9.56. The van der Waals surface area contributed by atoms with Gasteiger partial charge in [0.1, 0.15) is 11.8 Å². The summed E-state index contributed by atoms with van der Waals surface area (Å²) in [5.74, 6) is 0.561. The first-order valence-corrected chi connectivity index (χ1v) is 7.23. The number of halogens is 2. The van der Waals surface area contributed by atoms with E-state index < -0.39 is 6.10 Å². The molecule has 0 amide bonds. The lowest BCUT2D eigenvalue weighted by Gasteiger charge is -2.14. The number of hydrogen-bond donors (Lipinski definition) is 1. The molecule has 0 spiro atoms. The van der Waals surface area contributed by atoms with Crippen LogP contribution >= 0.6 is 31.9 Å². The SMILES string of the molecule is COc1cnc(C(O)c2ccc(Br)c(Br)c2)c(OC)n1. The van der Waals surface area contributed by atoms with Crippen molar-refractivity contribution in [3.63, 3.8) is 0 Å². The second-order valence-electron chi connectivity index (χ2n) is 3.88. The number of aromatic nitrogens is 2. The molecule has 0 aliphatic rings. The third kappa shape index (κ3) is 3.11. The molecule has 1 N–H and O–H groups in total. The smallest absolute Gasteiger partial charge is 0.241 e. The summed E-state index contributed by atoms with van der Waals surface area (Å²) in [5, 5.41) is 10.4. The summed E-state index contributed by atoms with van der Waals surface area (Å²) in [5.41, 5.74) is 1.01. The maximum Gasteiger partial charge on any atom is 0.241 e. The minimum Gasteiger partial charge on any atom is -0.480 e. The molecule has 0 saturated heterocycles. The van der Waals surface area contributed by atoms with Crippen LogP contribution in [0.3, 0.4) is 0 Å². The van der Waals surface area contributed by atoms with Crippen molar-refractivity contribution < 1.29 is 14.6 Å². The average Bonchev–Trinajstić information content (AvgIpc) is 2.48. The van der Waals surface area contributed by atoms with Crippen LogP contribution < -0.4 is 9.47 Å². The Labute approximate surface area is 133 Å². The molecule has 5 nitrogen and oxygen atoms in total. The molecule has 20 heavy (non-hydrogen) atoms. The molecule has 7 heteroatoms. The normalized spacial score (nSPS) is 12.1. The van der Waals surface area contributed by atoms with Gasteiger partial charge in [0, 0.05) is 8.95 Å². The minimum atomic E-state index is -0.937. The van der Waals surface area contributed by atoms with Gasteiger partial charge in [-0.2, -0.15) is 4.98 Å². The van der Waals surface area contributed by atoms with Crippen molar-refractivity contribution in [3.05, 3.63) is 44.6 Å². The molecule has 0 aliphatic heterocycles. The van der Waals surface area contributed by atoms with Crippen LogP contribution in [0.15, 0.2) is 33.3 Å². The molecule has 1 heterocycles. The number of ether oxygens (including phenoxy) is 2. The van der Waals surface area contributed by atoms with Crippen LogP contribution in [0.25, 0.3) is 0 Å². The van der Waals surface area contributed by atoms with Crippen molar-refractivity contribution in [3.8, 4) is 11.8 Å². The Morgan fingerprint density at radius 3 is 2.50 bits per heavy atom. The number of methoxy groups -OCH3 is 2. The zero-order chi connectivity index (χ0) is 14.7. The molecule has 0 bridgehead atoms. The van der Waals surface area contributed by atoms with E-state index in [4.69, 9.17) is 9.47 Å². The molecule has 106 valence electrons. The van der Waals surface area contributed by atoms with Gasteiger partial charge in [0.05, 0.1) is 20.4 Å². The quantitative estimate of drug-likeness (QED) is 0.849. The van der Waals surface area contributed by atoms with Crippen LogP contribution in [0, 0.1) is 0 Å². The van der Waals surface area contributed by atoms with Crippen LogP contribution in [-0.4, -0.2) is 29.3 Å². The molecular weight excluding hydrogens is 392 g/mol. The van der Waals surface area contributed by atoms with Crippen molar-refractivity contribution in [2.24, 2.45) is 0 Å². The predicted octanol–water partition coefficient (Wildman–Crippen LogP) is 3.10. The summed E-state index contributed by atoms with van der Waals surface area (Å²) < 4.78 is 11.9. The molecule has 1 unspecified atom stereocenters. The molecule has 0 saturated carbocycles. The van der Waals surface area contributed by atoms with Gasteiger partial charge in [-0.05, 0) is 49.6 Å². The maximum atomic E-state index is 10.4. The third-order valence-corrected chi connectivity index (χ3v) is 4.55. The van der Waals surface area contributed by atoms with Gasteiger partial charge >= 0.3 is 0 Å². The second-order valence-corrected chi connectivity index (χ2v) is 5.59. The summed E-state index contributed by atoms with van der Waals surface area (Å²) in [4.78, 5) is 8.27. The van der Waals surface area contributed by atoms with Crippen molar-refractivity contribution in [2.75, 3.05) is 14.2 Å². The fourth-order valence-corrected chi connectivity index (χ4v) is 2.29. The van der Waals surface area contributed by atoms with E-state index in [1.807, 2.05) is 6.07 Å². The Kier molecular flexibility index (Phi) is 4.95. The van der Waals surface area contributed by atoms with Crippen LogP contribution in [0.2, 0.25) is 0 Å². The van der Waals surface area contributed by atoms with Crippen molar-refractivity contribution in [2.45, 2.75) is 6.10 Å². The fraction of sp³-hybridized carbons (Fsp3) is 0.231. The van der Waals surface area contributed by atoms with E-state index in [9.17, 15) is 5.11 Å². The largest absolute Gasteiger partial charge is 0.480 e. The van der Waals surface area contributed by atoms with Gasteiger partial charge in [0.15, 0.2) is 0 Å². The molecular formula is C13H12Br2N2O3. The van der Waals surface area contributed by atoms with E-state index in [0.29, 0.717) is 17.1 Å². The highest BCUT2D eigenvalue weighted by Crippen LogP contribution is 2.32. The first kappa shape index (κ1) is 15.2. The Morgan fingerprint density at radius 2 is 1.90 bits per heavy atom.